The molecule has 20 heavy (non-hydrogen) atoms. The molecule has 0 aliphatic heterocycles. The number of amides is 1. The predicted molar refractivity (Wildman–Crippen MR) is 78.7 cm³/mol. The van der Waals surface area contributed by atoms with Gasteiger partial charge >= 0.3 is 0 Å². The van der Waals surface area contributed by atoms with Crippen molar-refractivity contribution in [2.75, 3.05) is 36.3 Å². The Hall–Kier alpha value is -1.47. The first-order chi connectivity index (χ1) is 9.43. The van der Waals surface area contributed by atoms with Crippen LogP contribution in [-0.4, -0.2) is 44.9 Å². The van der Waals surface area contributed by atoms with Crippen molar-refractivity contribution in [2.45, 2.75) is 0 Å². The van der Waals surface area contributed by atoms with E-state index in [0.29, 0.717) is 11.4 Å². The first kappa shape index (κ1) is 16.6. The minimum Gasteiger partial charge on any atom is -0.484 e. The molecule has 0 radical (unpaired) electrons. The SMILES string of the molecule is Nc1cccc(OCC(=O)NCCS(=O)(=O)CCCl)c1. The molecular formula is C12H17ClN2O4S. The highest BCUT2D eigenvalue weighted by molar-refractivity contribution is 7.91. The normalized spacial score (nSPS) is 11.1. The van der Waals surface area contributed by atoms with Crippen molar-refractivity contribution < 1.29 is 17.9 Å². The number of hydrogen-bond acceptors (Lipinski definition) is 5. The largest absolute Gasteiger partial charge is 0.484 e. The lowest BCUT2D eigenvalue weighted by Crippen LogP contribution is -2.33. The molecular weight excluding hydrogens is 304 g/mol. The van der Waals surface area contributed by atoms with Crippen LogP contribution in [0.4, 0.5) is 5.69 Å². The molecule has 0 saturated heterocycles. The summed E-state index contributed by atoms with van der Waals surface area (Å²) in [6.07, 6.45) is 0. The number of halogens is 1. The van der Waals surface area contributed by atoms with Gasteiger partial charge in [0.15, 0.2) is 16.4 Å². The fourth-order valence-corrected chi connectivity index (χ4v) is 2.93. The van der Waals surface area contributed by atoms with E-state index in [0.717, 1.165) is 0 Å². The minimum atomic E-state index is -3.20. The summed E-state index contributed by atoms with van der Waals surface area (Å²) in [5.41, 5.74) is 6.10. The van der Waals surface area contributed by atoms with Crippen LogP contribution in [0.3, 0.4) is 0 Å². The van der Waals surface area contributed by atoms with E-state index in [4.69, 9.17) is 22.1 Å². The van der Waals surface area contributed by atoms with E-state index in [9.17, 15) is 13.2 Å². The molecule has 112 valence electrons. The molecule has 0 aromatic heterocycles. The van der Waals surface area contributed by atoms with Gasteiger partial charge in [0.1, 0.15) is 5.75 Å². The third-order valence-electron chi connectivity index (χ3n) is 2.35. The van der Waals surface area contributed by atoms with Crippen molar-refractivity contribution in [1.82, 2.24) is 5.32 Å². The second-order valence-corrected chi connectivity index (χ2v) is 6.73. The number of nitrogens with one attached hydrogen (secondary N) is 1. The number of hydrogen-bond donors (Lipinski definition) is 2. The van der Waals surface area contributed by atoms with Gasteiger partial charge in [-0.3, -0.25) is 4.79 Å². The number of nitrogen functional groups attached to an aromatic ring is 1. The van der Waals surface area contributed by atoms with Gasteiger partial charge in [0.25, 0.3) is 5.91 Å². The maximum absolute atomic E-state index is 11.5. The number of carbonyl (C=O) groups is 1. The van der Waals surface area contributed by atoms with Gasteiger partial charge in [-0.25, -0.2) is 8.42 Å². The lowest BCUT2D eigenvalue weighted by Gasteiger charge is -2.08. The lowest BCUT2D eigenvalue weighted by atomic mass is 10.3. The molecule has 1 rings (SSSR count). The molecule has 0 heterocycles. The van der Waals surface area contributed by atoms with Crippen LogP contribution in [0.2, 0.25) is 0 Å². The quantitative estimate of drug-likeness (QED) is 0.534. The minimum absolute atomic E-state index is 0.0400. The molecule has 1 aromatic rings. The third-order valence-corrected chi connectivity index (χ3v) is 4.42. The molecule has 0 atom stereocenters. The molecule has 0 aliphatic rings. The fraction of sp³-hybridized carbons (Fsp3) is 0.417. The van der Waals surface area contributed by atoms with Gasteiger partial charge in [-0.05, 0) is 12.1 Å². The Morgan fingerprint density at radius 3 is 2.75 bits per heavy atom. The Morgan fingerprint density at radius 2 is 2.10 bits per heavy atom. The maximum atomic E-state index is 11.5. The van der Waals surface area contributed by atoms with Crippen molar-refractivity contribution in [3.63, 3.8) is 0 Å². The fourth-order valence-electron chi connectivity index (χ4n) is 1.37. The summed E-state index contributed by atoms with van der Waals surface area (Å²) < 4.78 is 27.9. The van der Waals surface area contributed by atoms with E-state index in [-0.39, 0.29) is 30.5 Å². The summed E-state index contributed by atoms with van der Waals surface area (Å²) in [4.78, 5) is 11.5. The van der Waals surface area contributed by atoms with Crippen molar-refractivity contribution in [1.29, 1.82) is 0 Å². The second-order valence-electron chi connectivity index (χ2n) is 4.05. The summed E-state index contributed by atoms with van der Waals surface area (Å²) in [6, 6.07) is 6.68. The Kier molecular flexibility index (Phi) is 6.60. The Morgan fingerprint density at radius 1 is 1.35 bits per heavy atom. The van der Waals surface area contributed by atoms with Gasteiger partial charge in [-0.2, -0.15) is 0 Å². The molecule has 3 N–H and O–H groups in total. The van der Waals surface area contributed by atoms with Crippen LogP contribution in [0.1, 0.15) is 0 Å². The average molecular weight is 321 g/mol. The van der Waals surface area contributed by atoms with Crippen molar-refractivity contribution in [3.05, 3.63) is 24.3 Å². The van der Waals surface area contributed by atoms with Gasteiger partial charge < -0.3 is 15.8 Å². The zero-order chi connectivity index (χ0) is 15.0. The maximum Gasteiger partial charge on any atom is 0.257 e. The zero-order valence-corrected chi connectivity index (χ0v) is 12.4. The molecule has 8 heteroatoms. The Labute approximate surface area is 123 Å². The second kappa shape index (κ2) is 7.96. The zero-order valence-electron chi connectivity index (χ0n) is 10.8. The molecule has 1 aromatic carbocycles. The molecule has 0 spiro atoms. The van der Waals surface area contributed by atoms with E-state index in [1.165, 1.54) is 0 Å². The van der Waals surface area contributed by atoms with Crippen LogP contribution < -0.4 is 15.8 Å². The highest BCUT2D eigenvalue weighted by atomic mass is 35.5. The van der Waals surface area contributed by atoms with Crippen LogP contribution in [-0.2, 0) is 14.6 Å². The smallest absolute Gasteiger partial charge is 0.257 e. The van der Waals surface area contributed by atoms with Gasteiger partial charge in [-0.15, -0.1) is 11.6 Å². The topological polar surface area (TPSA) is 98.5 Å². The number of benzene rings is 1. The summed E-state index contributed by atoms with van der Waals surface area (Å²) in [5, 5.41) is 2.46. The number of alkyl halides is 1. The van der Waals surface area contributed by atoms with E-state index in [1.54, 1.807) is 24.3 Å². The number of anilines is 1. The molecule has 6 nitrogen and oxygen atoms in total. The van der Waals surface area contributed by atoms with Crippen LogP contribution in [0, 0.1) is 0 Å². The first-order valence-corrected chi connectivity index (χ1v) is 8.30. The molecule has 0 aliphatic carbocycles. The third kappa shape index (κ3) is 6.63. The number of nitrogens with two attached hydrogens (primary N) is 1. The van der Waals surface area contributed by atoms with E-state index >= 15 is 0 Å². The van der Waals surface area contributed by atoms with Crippen LogP contribution in [0.5, 0.6) is 5.75 Å². The molecule has 0 unspecified atom stereocenters. The summed E-state index contributed by atoms with van der Waals surface area (Å²) in [5.74, 6) is -0.0913. The summed E-state index contributed by atoms with van der Waals surface area (Å²) in [7, 11) is -3.20. The summed E-state index contributed by atoms with van der Waals surface area (Å²) in [6.45, 7) is -0.155. The van der Waals surface area contributed by atoms with Crippen molar-refractivity contribution >= 4 is 33.0 Å². The Balaban J connectivity index is 2.27. The number of sulfone groups is 1. The van der Waals surface area contributed by atoms with Gasteiger partial charge in [0.05, 0.1) is 11.5 Å². The van der Waals surface area contributed by atoms with Crippen LogP contribution in [0.25, 0.3) is 0 Å². The highest BCUT2D eigenvalue weighted by Gasteiger charge is 2.10. The predicted octanol–water partition coefficient (Wildman–Crippen LogP) is 0.417. The van der Waals surface area contributed by atoms with Crippen LogP contribution in [0.15, 0.2) is 24.3 Å². The van der Waals surface area contributed by atoms with Gasteiger partial charge in [0.2, 0.25) is 0 Å². The lowest BCUT2D eigenvalue weighted by molar-refractivity contribution is -0.122. The first-order valence-electron chi connectivity index (χ1n) is 5.94. The molecule has 0 fully saturated rings. The highest BCUT2D eigenvalue weighted by Crippen LogP contribution is 2.13. The van der Waals surface area contributed by atoms with E-state index < -0.39 is 15.7 Å². The Bertz CT molecular complexity index is 548. The number of rotatable bonds is 8. The number of ether oxygens (including phenoxy) is 1. The van der Waals surface area contributed by atoms with E-state index in [1.807, 2.05) is 0 Å². The monoisotopic (exact) mass is 320 g/mol. The number of carbonyl (C=O) groups excluding carboxylic acids is 1. The molecule has 0 saturated carbocycles. The van der Waals surface area contributed by atoms with Crippen LogP contribution >= 0.6 is 11.6 Å². The standard InChI is InChI=1S/C12H17ClN2O4S/c13-4-6-20(17,18)7-5-15-12(16)9-19-11-3-1-2-10(14)8-11/h1-3,8H,4-7,9,14H2,(H,15,16). The van der Waals surface area contributed by atoms with Crippen molar-refractivity contribution in [3.8, 4) is 5.75 Å². The summed E-state index contributed by atoms with van der Waals surface area (Å²) >= 11 is 5.36. The van der Waals surface area contributed by atoms with Gasteiger partial charge in [-0.1, -0.05) is 6.07 Å². The molecule has 0 bridgehead atoms. The van der Waals surface area contributed by atoms with Crippen molar-refractivity contribution in [2.24, 2.45) is 0 Å². The molecule has 1 amide bonds. The van der Waals surface area contributed by atoms with E-state index in [2.05, 4.69) is 5.32 Å². The average Bonchev–Trinajstić information content (AvgIpc) is 2.36. The van der Waals surface area contributed by atoms with Gasteiger partial charge in [0, 0.05) is 24.2 Å².